The number of urea groups is 1. The molecule has 21 heteroatoms. The van der Waals surface area contributed by atoms with Crippen molar-refractivity contribution < 1.29 is 51.4 Å². The van der Waals surface area contributed by atoms with Crippen molar-refractivity contribution in [1.29, 1.82) is 0 Å². The van der Waals surface area contributed by atoms with Crippen molar-refractivity contribution in [1.82, 2.24) is 30.0 Å². The lowest BCUT2D eigenvalue weighted by Gasteiger charge is -2.38. The van der Waals surface area contributed by atoms with Crippen molar-refractivity contribution in [2.75, 3.05) is 81.6 Å². The van der Waals surface area contributed by atoms with E-state index in [4.69, 9.17) is 30.8 Å². The maximum atomic E-state index is 14.1. The van der Waals surface area contributed by atoms with Gasteiger partial charge in [-0.2, -0.15) is 13.2 Å². The molecule has 3 aromatic carbocycles. The molecule has 4 aliphatic rings. The molecule has 3 N–H and O–H groups in total. The van der Waals surface area contributed by atoms with Crippen molar-refractivity contribution in [2.45, 2.75) is 116 Å². The van der Waals surface area contributed by atoms with Gasteiger partial charge in [0.15, 0.2) is 0 Å². The smallest absolute Gasteiger partial charge is 0.416 e. The second-order valence-corrected chi connectivity index (χ2v) is 21.3. The molecule has 17 nitrogen and oxygen atoms in total. The number of alkyl halides is 3. The number of benzene rings is 3. The second kappa shape index (κ2) is 23.3. The fraction of sp³-hybridized carbons (Fsp3) is 0.537. The Hall–Kier alpha value is -6.25. The van der Waals surface area contributed by atoms with Gasteiger partial charge in [-0.25, -0.2) is 19.6 Å². The lowest BCUT2D eigenvalue weighted by atomic mass is 9.77. The van der Waals surface area contributed by atoms with Crippen LogP contribution in [0.5, 0.6) is 5.75 Å². The van der Waals surface area contributed by atoms with E-state index in [9.17, 15) is 37.1 Å². The van der Waals surface area contributed by atoms with Gasteiger partial charge in [0, 0.05) is 94.0 Å². The summed E-state index contributed by atoms with van der Waals surface area (Å²) in [5, 5.41) is 9.06. The number of amides is 6. The number of carbonyl (C=O) groups excluding carboxylic acids is 5. The predicted molar refractivity (Wildman–Crippen MR) is 278 cm³/mol. The molecule has 1 aromatic heterocycles. The van der Waals surface area contributed by atoms with Gasteiger partial charge in [-0.1, -0.05) is 11.6 Å². The Bertz CT molecular complexity index is 2770. The highest BCUT2D eigenvalue weighted by molar-refractivity contribution is 6.34. The molecule has 6 amide bonds. The Morgan fingerprint density at radius 1 is 0.880 bits per heavy atom. The first-order valence-electron chi connectivity index (χ1n) is 25.8. The number of nitrogens with zero attached hydrogens (tertiary/aromatic N) is 6. The summed E-state index contributed by atoms with van der Waals surface area (Å²) < 4.78 is 59.8. The quantitative estimate of drug-likeness (QED) is 0.102. The summed E-state index contributed by atoms with van der Waals surface area (Å²) in [6, 6.07) is 10.9. The van der Waals surface area contributed by atoms with E-state index < -0.39 is 35.5 Å². The number of halogens is 4. The molecule has 1 aliphatic carbocycles. The van der Waals surface area contributed by atoms with Crippen LogP contribution in [0.3, 0.4) is 0 Å². The summed E-state index contributed by atoms with van der Waals surface area (Å²) >= 11 is 6.39. The number of aromatic nitrogens is 2. The zero-order valence-corrected chi connectivity index (χ0v) is 44.2. The fourth-order valence-electron chi connectivity index (χ4n) is 10.4. The van der Waals surface area contributed by atoms with E-state index >= 15 is 0 Å². The summed E-state index contributed by atoms with van der Waals surface area (Å²) in [5.41, 5.74) is 0.821. The van der Waals surface area contributed by atoms with Crippen LogP contribution in [0.25, 0.3) is 10.9 Å². The number of likely N-dealkylation sites (tertiary alicyclic amines) is 1. The number of anilines is 3. The van der Waals surface area contributed by atoms with Crippen LogP contribution in [0, 0.1) is 12.8 Å². The van der Waals surface area contributed by atoms with Crippen LogP contribution < -0.4 is 25.6 Å². The van der Waals surface area contributed by atoms with Crippen LogP contribution in [0.1, 0.15) is 124 Å². The number of nitrogens with one attached hydrogen (secondary N) is 3. The van der Waals surface area contributed by atoms with Crippen molar-refractivity contribution in [3.63, 3.8) is 0 Å². The Morgan fingerprint density at radius 3 is 2.27 bits per heavy atom. The molecule has 1 atom stereocenters. The van der Waals surface area contributed by atoms with E-state index in [1.54, 1.807) is 64.8 Å². The average Bonchev–Trinajstić information content (AvgIpc) is 3.37. The normalized spacial score (nSPS) is 19.7. The summed E-state index contributed by atoms with van der Waals surface area (Å²) in [4.78, 5) is 80.9. The summed E-state index contributed by atoms with van der Waals surface area (Å²) in [6.07, 6.45) is -0.0820. The Morgan fingerprint density at radius 2 is 1.60 bits per heavy atom. The number of fused-ring (bicyclic) bond motifs is 1. The van der Waals surface area contributed by atoms with Gasteiger partial charge < -0.3 is 29.3 Å². The Kier molecular flexibility index (Phi) is 17.1. The molecular formula is C54H67ClF3N9O8. The molecule has 4 aromatic rings. The third-order valence-electron chi connectivity index (χ3n) is 14.4. The lowest BCUT2D eigenvalue weighted by molar-refractivity contribution is -0.139. The van der Waals surface area contributed by atoms with Crippen LogP contribution in [0.4, 0.5) is 40.0 Å². The third kappa shape index (κ3) is 13.8. The van der Waals surface area contributed by atoms with Gasteiger partial charge in [-0.15, -0.1) is 0 Å². The van der Waals surface area contributed by atoms with Gasteiger partial charge >= 0.3 is 18.3 Å². The standard InChI is InChI=1S/C54H67ClF3N9O8/c1-32(37-26-38(54(56,57)58)29-39(27-37)62-52(72)75-53(3,4)5)59-48-42-30-41(46(73-6)31-44(42)60-33(2)61-48)34-8-10-35(11-9-34)49(69)66-23-21-64(22-24-66)17-7-25-74-40-14-18-65(19-15-40)50(70)36-12-13-43(55)45(28-36)67-20-16-47(68)63-51(67)71/h12-13,26-32,34-35,40H,7-11,14-25H2,1-6H3,(H,62,72)(H,59,60,61)(H,63,68,71)/t32-,34?,35?/m1/s1. The van der Waals surface area contributed by atoms with Crippen LogP contribution in [-0.2, 0) is 25.2 Å². The molecular weight excluding hydrogens is 995 g/mol. The van der Waals surface area contributed by atoms with Crippen LogP contribution >= 0.6 is 11.6 Å². The second-order valence-electron chi connectivity index (χ2n) is 20.9. The molecule has 4 fully saturated rings. The molecule has 0 unspecified atom stereocenters. The Balaban J connectivity index is 0.792. The number of ether oxygens (including phenoxy) is 3. The van der Waals surface area contributed by atoms with E-state index in [1.807, 2.05) is 17.0 Å². The van der Waals surface area contributed by atoms with E-state index in [0.717, 1.165) is 69.4 Å². The number of hydrogen-bond donors (Lipinski definition) is 3. The number of carbonyl (C=O) groups is 5. The summed E-state index contributed by atoms with van der Waals surface area (Å²) in [5.74, 6) is 1.27. The van der Waals surface area contributed by atoms with E-state index in [1.165, 1.54) is 11.0 Å². The molecule has 0 spiro atoms. The van der Waals surface area contributed by atoms with E-state index in [0.29, 0.717) is 90.2 Å². The van der Waals surface area contributed by atoms with Crippen molar-refractivity contribution in [2.24, 2.45) is 5.92 Å². The number of piperidine rings is 1. The monoisotopic (exact) mass is 1060 g/mol. The molecule has 8 rings (SSSR count). The van der Waals surface area contributed by atoms with Gasteiger partial charge in [-0.3, -0.25) is 34.8 Å². The van der Waals surface area contributed by atoms with Gasteiger partial charge in [-0.05, 0) is 139 Å². The van der Waals surface area contributed by atoms with Crippen LogP contribution in [-0.4, -0.2) is 132 Å². The fourth-order valence-corrected chi connectivity index (χ4v) is 10.7. The molecule has 404 valence electrons. The van der Waals surface area contributed by atoms with Gasteiger partial charge in [0.1, 0.15) is 23.0 Å². The molecule has 75 heavy (non-hydrogen) atoms. The molecule has 4 heterocycles. The molecule has 0 radical (unpaired) electrons. The van der Waals surface area contributed by atoms with Gasteiger partial charge in [0.2, 0.25) is 11.8 Å². The first-order valence-corrected chi connectivity index (χ1v) is 26.2. The zero-order valence-electron chi connectivity index (χ0n) is 43.4. The Labute approximate surface area is 440 Å². The minimum atomic E-state index is -4.67. The highest BCUT2D eigenvalue weighted by Crippen LogP contribution is 2.43. The SMILES string of the molecule is COc1cc2nc(C)nc(N[C@H](C)c3cc(NC(=O)OC(C)(C)C)cc(C(F)(F)F)c3)c2cc1C1CCC(C(=O)N2CCN(CCCOC3CCN(C(=O)c4ccc(Cl)c(N5CCC(=O)NC5=O)c4)CC3)CC2)CC1. The molecule has 3 aliphatic heterocycles. The minimum Gasteiger partial charge on any atom is -0.496 e. The number of hydrogen-bond acceptors (Lipinski definition) is 12. The minimum absolute atomic E-state index is 0.0480. The first kappa shape index (κ1) is 55.0. The maximum Gasteiger partial charge on any atom is 0.416 e. The number of imide groups is 1. The molecule has 3 saturated heterocycles. The van der Waals surface area contributed by atoms with Gasteiger partial charge in [0.05, 0.1) is 41.0 Å². The highest BCUT2D eigenvalue weighted by Gasteiger charge is 2.35. The van der Waals surface area contributed by atoms with Gasteiger partial charge in [0.25, 0.3) is 5.91 Å². The number of aryl methyl sites for hydroxylation is 1. The number of rotatable bonds is 14. The third-order valence-corrected chi connectivity index (χ3v) is 14.7. The first-order chi connectivity index (χ1) is 35.6. The number of methoxy groups -OCH3 is 1. The largest absolute Gasteiger partial charge is 0.496 e. The highest BCUT2D eigenvalue weighted by atomic mass is 35.5. The molecule has 1 saturated carbocycles. The van der Waals surface area contributed by atoms with Crippen molar-refractivity contribution >= 4 is 69.5 Å². The van der Waals surface area contributed by atoms with E-state index in [-0.39, 0.29) is 59.9 Å². The lowest BCUT2D eigenvalue weighted by Crippen LogP contribution is -2.50. The van der Waals surface area contributed by atoms with Crippen molar-refractivity contribution in [3.8, 4) is 5.75 Å². The predicted octanol–water partition coefficient (Wildman–Crippen LogP) is 9.71. The van der Waals surface area contributed by atoms with Crippen LogP contribution in [0.2, 0.25) is 5.02 Å². The summed E-state index contributed by atoms with van der Waals surface area (Å²) in [6.45, 7) is 14.1. The topological polar surface area (TPSA) is 188 Å². The van der Waals surface area contributed by atoms with Crippen LogP contribution in [0.15, 0.2) is 48.5 Å². The maximum absolute atomic E-state index is 14.1. The average molecular weight is 1060 g/mol. The van der Waals surface area contributed by atoms with E-state index in [2.05, 4.69) is 25.8 Å². The zero-order chi connectivity index (χ0) is 53.8. The number of piperazine rings is 1. The molecule has 0 bridgehead atoms. The van der Waals surface area contributed by atoms with Crippen molar-refractivity contribution in [3.05, 3.63) is 81.6 Å². The summed E-state index contributed by atoms with van der Waals surface area (Å²) in [7, 11) is 1.61.